The Balaban J connectivity index is 2.03. The molecule has 2 atom stereocenters. The van der Waals surface area contributed by atoms with Crippen LogP contribution in [0.3, 0.4) is 0 Å². The van der Waals surface area contributed by atoms with Crippen molar-refractivity contribution >= 4 is 29.1 Å². The molecule has 1 aliphatic heterocycles. The van der Waals surface area contributed by atoms with E-state index in [-0.39, 0.29) is 16.3 Å². The molecular formula is C19H14ClN5O. The molecule has 0 spiro atoms. The second kappa shape index (κ2) is 7.28. The molecule has 2 aromatic carbocycles. The van der Waals surface area contributed by atoms with Gasteiger partial charge in [0.2, 0.25) is 0 Å². The van der Waals surface area contributed by atoms with Crippen molar-refractivity contribution < 1.29 is 5.11 Å². The van der Waals surface area contributed by atoms with Gasteiger partial charge >= 0.3 is 0 Å². The molecule has 1 heterocycles. The molecule has 0 saturated heterocycles. The second-order valence-corrected chi connectivity index (χ2v) is 6.05. The third-order valence-corrected chi connectivity index (χ3v) is 4.28. The summed E-state index contributed by atoms with van der Waals surface area (Å²) in [4.78, 5) is 0. The summed E-state index contributed by atoms with van der Waals surface area (Å²) in [6, 6.07) is 18.0. The Morgan fingerprint density at radius 3 is 2.58 bits per heavy atom. The fourth-order valence-corrected chi connectivity index (χ4v) is 2.85. The average molecular weight is 364 g/mol. The molecule has 2 aromatic rings. The van der Waals surface area contributed by atoms with Crippen LogP contribution in [0.25, 0.3) is 6.08 Å². The lowest BCUT2D eigenvalue weighted by Gasteiger charge is -2.21. The highest BCUT2D eigenvalue weighted by Gasteiger charge is 2.37. The fourth-order valence-electron chi connectivity index (χ4n) is 2.66. The smallest absolute Gasteiger partial charge is 0.134 e. The van der Waals surface area contributed by atoms with Crippen molar-refractivity contribution in [2.75, 3.05) is 5.01 Å². The number of aromatic hydroxyl groups is 1. The van der Waals surface area contributed by atoms with Gasteiger partial charge in [-0.2, -0.15) is 15.6 Å². The van der Waals surface area contributed by atoms with Crippen molar-refractivity contribution in [3.63, 3.8) is 0 Å². The highest BCUT2D eigenvalue weighted by atomic mass is 35.5. The number of anilines is 1. The second-order valence-electron chi connectivity index (χ2n) is 5.64. The standard InChI is InChI=1S/C19H14ClN5O/c20-16-9-12(6-7-17(16)26)8-13(10-21)18-15(11-22)19(23)25(24-18)14-4-2-1-3-5-14/h1-9,15,19,26H,23H2/b13-8-/t15-,19-/m1/s1. The average Bonchev–Trinajstić information content (AvgIpc) is 2.99. The highest BCUT2D eigenvalue weighted by molar-refractivity contribution is 6.32. The zero-order valence-corrected chi connectivity index (χ0v) is 14.3. The van der Waals surface area contributed by atoms with Crippen molar-refractivity contribution in [3.05, 3.63) is 64.7 Å². The predicted molar refractivity (Wildman–Crippen MR) is 100 cm³/mol. The number of hydrogen-bond donors (Lipinski definition) is 2. The van der Waals surface area contributed by atoms with Gasteiger partial charge in [-0.05, 0) is 35.9 Å². The van der Waals surface area contributed by atoms with E-state index in [9.17, 15) is 15.6 Å². The first-order valence-corrected chi connectivity index (χ1v) is 8.11. The van der Waals surface area contributed by atoms with Crippen LogP contribution >= 0.6 is 11.6 Å². The molecule has 0 radical (unpaired) electrons. The van der Waals surface area contributed by atoms with Gasteiger partial charge in [0.15, 0.2) is 0 Å². The summed E-state index contributed by atoms with van der Waals surface area (Å²) in [6.45, 7) is 0. The summed E-state index contributed by atoms with van der Waals surface area (Å²) >= 11 is 5.91. The molecule has 0 bridgehead atoms. The molecule has 26 heavy (non-hydrogen) atoms. The maximum Gasteiger partial charge on any atom is 0.134 e. The van der Waals surface area contributed by atoms with Gasteiger partial charge in [-0.1, -0.05) is 35.9 Å². The minimum Gasteiger partial charge on any atom is -0.506 e. The van der Waals surface area contributed by atoms with E-state index in [0.717, 1.165) is 5.69 Å². The minimum absolute atomic E-state index is 0.0484. The Bertz CT molecular complexity index is 972. The van der Waals surface area contributed by atoms with Gasteiger partial charge in [0.05, 0.1) is 28.1 Å². The molecule has 0 aromatic heterocycles. The quantitative estimate of drug-likeness (QED) is 0.813. The number of benzene rings is 2. The number of phenols is 1. The molecular weight excluding hydrogens is 350 g/mol. The number of allylic oxidation sites excluding steroid dienone is 1. The van der Waals surface area contributed by atoms with Crippen molar-refractivity contribution in [2.24, 2.45) is 16.8 Å². The van der Waals surface area contributed by atoms with E-state index in [0.29, 0.717) is 11.3 Å². The van der Waals surface area contributed by atoms with E-state index >= 15 is 0 Å². The van der Waals surface area contributed by atoms with E-state index in [1.54, 1.807) is 12.1 Å². The molecule has 1 aliphatic rings. The lowest BCUT2D eigenvalue weighted by molar-refractivity contribution is 0.475. The summed E-state index contributed by atoms with van der Waals surface area (Å²) in [5.41, 5.74) is 8.04. The van der Waals surface area contributed by atoms with Crippen molar-refractivity contribution in [1.82, 2.24) is 0 Å². The lowest BCUT2D eigenvalue weighted by atomic mass is 9.95. The summed E-state index contributed by atoms with van der Waals surface area (Å²) < 4.78 is 0. The van der Waals surface area contributed by atoms with Crippen molar-refractivity contribution in [1.29, 1.82) is 10.5 Å². The van der Waals surface area contributed by atoms with Crippen LogP contribution in [-0.2, 0) is 0 Å². The Morgan fingerprint density at radius 2 is 1.96 bits per heavy atom. The van der Waals surface area contributed by atoms with Gasteiger partial charge in [0, 0.05) is 0 Å². The molecule has 3 N–H and O–H groups in total. The summed E-state index contributed by atoms with van der Waals surface area (Å²) in [5, 5.41) is 34.8. The van der Waals surface area contributed by atoms with Crippen LogP contribution in [-0.4, -0.2) is 17.0 Å². The number of para-hydroxylation sites is 1. The minimum atomic E-state index is -0.756. The van der Waals surface area contributed by atoms with Crippen LogP contribution in [0, 0.1) is 28.6 Å². The van der Waals surface area contributed by atoms with Crippen LogP contribution in [0.4, 0.5) is 5.69 Å². The van der Waals surface area contributed by atoms with E-state index in [1.165, 1.54) is 17.1 Å². The van der Waals surface area contributed by atoms with Crippen LogP contribution in [0.15, 0.2) is 59.2 Å². The van der Waals surface area contributed by atoms with Gasteiger partial charge in [0.1, 0.15) is 23.9 Å². The summed E-state index contributed by atoms with van der Waals surface area (Å²) in [5.74, 6) is -0.804. The normalized spacial score (nSPS) is 19.6. The van der Waals surface area contributed by atoms with Gasteiger partial charge in [-0.15, -0.1) is 0 Å². The fraction of sp³-hybridized carbons (Fsp3) is 0.105. The van der Waals surface area contributed by atoms with Crippen LogP contribution in [0.2, 0.25) is 5.02 Å². The zero-order valence-electron chi connectivity index (χ0n) is 13.5. The molecule has 7 heteroatoms. The van der Waals surface area contributed by atoms with Crippen molar-refractivity contribution in [3.8, 4) is 17.9 Å². The molecule has 0 saturated carbocycles. The third-order valence-electron chi connectivity index (χ3n) is 3.97. The number of hydrogen-bond acceptors (Lipinski definition) is 6. The monoisotopic (exact) mass is 363 g/mol. The Kier molecular flexibility index (Phi) is 4.90. The van der Waals surface area contributed by atoms with E-state index in [4.69, 9.17) is 17.3 Å². The molecule has 3 rings (SSSR count). The first-order valence-electron chi connectivity index (χ1n) is 7.74. The Morgan fingerprint density at radius 1 is 1.23 bits per heavy atom. The molecule has 128 valence electrons. The number of nitrogens with two attached hydrogens (primary N) is 1. The van der Waals surface area contributed by atoms with Crippen LogP contribution in [0.5, 0.6) is 5.75 Å². The van der Waals surface area contributed by atoms with Crippen molar-refractivity contribution in [2.45, 2.75) is 6.17 Å². The maximum atomic E-state index is 9.58. The lowest BCUT2D eigenvalue weighted by Crippen LogP contribution is -2.40. The topological polar surface area (TPSA) is 109 Å². The van der Waals surface area contributed by atoms with Crippen LogP contribution in [0.1, 0.15) is 5.56 Å². The summed E-state index contributed by atoms with van der Waals surface area (Å²) in [7, 11) is 0. The number of nitriles is 2. The number of hydrazone groups is 1. The van der Waals surface area contributed by atoms with Gasteiger partial charge in [-0.25, -0.2) is 5.01 Å². The first kappa shape index (κ1) is 17.5. The Hall–Kier alpha value is -3.32. The molecule has 0 fully saturated rings. The predicted octanol–water partition coefficient (Wildman–Crippen LogP) is 3.25. The number of rotatable bonds is 3. The molecule has 0 aliphatic carbocycles. The van der Waals surface area contributed by atoms with E-state index in [2.05, 4.69) is 17.2 Å². The highest BCUT2D eigenvalue weighted by Crippen LogP contribution is 2.30. The van der Waals surface area contributed by atoms with Gasteiger partial charge in [0.25, 0.3) is 0 Å². The largest absolute Gasteiger partial charge is 0.506 e. The van der Waals surface area contributed by atoms with Gasteiger partial charge in [-0.3, -0.25) is 0 Å². The van der Waals surface area contributed by atoms with Crippen LogP contribution < -0.4 is 10.7 Å². The molecule has 0 amide bonds. The van der Waals surface area contributed by atoms with Gasteiger partial charge < -0.3 is 10.8 Å². The summed E-state index contributed by atoms with van der Waals surface area (Å²) in [6.07, 6.45) is 0.868. The van der Waals surface area contributed by atoms with E-state index in [1.807, 2.05) is 30.3 Å². The zero-order chi connectivity index (χ0) is 18.7. The number of phenolic OH excluding ortho intramolecular Hbond substituents is 1. The SMILES string of the molecule is N#C/C(=C/c1ccc(O)c(Cl)c1)C1=NN(c2ccccc2)[C@@H](N)[C@@H]1C#N. The molecule has 6 nitrogen and oxygen atoms in total. The number of nitrogens with zero attached hydrogens (tertiary/aromatic N) is 4. The van der Waals surface area contributed by atoms with E-state index < -0.39 is 12.1 Å². The maximum absolute atomic E-state index is 9.58. The first-order chi connectivity index (χ1) is 12.5. The number of halogens is 1. The Labute approximate surface area is 155 Å². The molecule has 0 unspecified atom stereocenters. The third kappa shape index (κ3) is 3.25.